The van der Waals surface area contributed by atoms with Crippen molar-refractivity contribution in [2.45, 2.75) is 11.3 Å². The van der Waals surface area contributed by atoms with E-state index < -0.39 is 28.9 Å². The summed E-state index contributed by atoms with van der Waals surface area (Å²) in [4.78, 5) is 15.6. The van der Waals surface area contributed by atoms with Crippen LogP contribution in [0, 0.1) is 23.0 Å². The van der Waals surface area contributed by atoms with Gasteiger partial charge in [-0.1, -0.05) is 24.3 Å². The summed E-state index contributed by atoms with van der Waals surface area (Å²) in [6, 6.07) is 12.8. The zero-order chi connectivity index (χ0) is 17.3. The van der Waals surface area contributed by atoms with Crippen molar-refractivity contribution in [3.8, 4) is 6.07 Å². The number of rotatable bonds is 3. The fourth-order valence-corrected chi connectivity index (χ4v) is 3.08. The Balaban J connectivity index is 2.18. The minimum absolute atomic E-state index is 0.0567. The third-order valence-electron chi connectivity index (χ3n) is 4.25. The molecular weight excluding hydrogens is 314 g/mol. The molecule has 0 aromatic heterocycles. The largest absolute Gasteiger partial charge is 0.477 e. The normalized spacial score (nSPS) is 22.7. The van der Waals surface area contributed by atoms with Crippen molar-refractivity contribution < 1.29 is 18.7 Å². The van der Waals surface area contributed by atoms with Crippen LogP contribution in [-0.4, -0.2) is 23.3 Å². The second-order valence-corrected chi connectivity index (χ2v) is 5.58. The number of carbonyl (C=O) groups is 1. The molecule has 2 atom stereocenters. The molecule has 1 aliphatic rings. The molecule has 0 saturated carbocycles. The lowest BCUT2D eigenvalue weighted by Crippen LogP contribution is -2.36. The highest BCUT2D eigenvalue weighted by molar-refractivity contribution is 6.39. The summed E-state index contributed by atoms with van der Waals surface area (Å²) < 4.78 is 26.4. The fourth-order valence-electron chi connectivity index (χ4n) is 3.08. The topological polar surface area (TPSA) is 73.5 Å². The summed E-state index contributed by atoms with van der Waals surface area (Å²) in [5.74, 6) is -3.02. The number of halogens is 2. The molecule has 1 heterocycles. The molecule has 2 aromatic rings. The van der Waals surface area contributed by atoms with Crippen LogP contribution in [0.5, 0.6) is 0 Å². The van der Waals surface area contributed by atoms with Gasteiger partial charge < -0.3 is 5.11 Å². The highest BCUT2D eigenvalue weighted by Crippen LogP contribution is 2.44. The van der Waals surface area contributed by atoms with Gasteiger partial charge in [0.2, 0.25) is 0 Å². The first kappa shape index (κ1) is 15.8. The van der Waals surface area contributed by atoms with Crippen molar-refractivity contribution in [2.24, 2.45) is 4.99 Å². The van der Waals surface area contributed by atoms with Crippen molar-refractivity contribution >= 4 is 11.7 Å². The van der Waals surface area contributed by atoms with Crippen LogP contribution < -0.4 is 0 Å². The second-order valence-electron chi connectivity index (χ2n) is 5.58. The lowest BCUT2D eigenvalue weighted by Gasteiger charge is -2.29. The molecule has 24 heavy (non-hydrogen) atoms. The predicted octanol–water partition coefficient (Wildman–Crippen LogP) is 3.05. The molecule has 6 heteroatoms. The van der Waals surface area contributed by atoms with Crippen molar-refractivity contribution in [3.05, 3.63) is 71.3 Å². The van der Waals surface area contributed by atoms with Gasteiger partial charge >= 0.3 is 5.97 Å². The molecule has 0 fully saturated rings. The van der Waals surface area contributed by atoms with E-state index in [2.05, 4.69) is 11.1 Å². The first-order valence-corrected chi connectivity index (χ1v) is 7.18. The van der Waals surface area contributed by atoms with Gasteiger partial charge in [0.15, 0.2) is 0 Å². The third kappa shape index (κ3) is 2.44. The number of aliphatic carboxylic acids is 1. The van der Waals surface area contributed by atoms with Crippen LogP contribution in [0.2, 0.25) is 0 Å². The van der Waals surface area contributed by atoms with E-state index in [0.717, 1.165) is 0 Å². The monoisotopic (exact) mass is 326 g/mol. The molecule has 4 nitrogen and oxygen atoms in total. The van der Waals surface area contributed by atoms with Crippen LogP contribution in [0.4, 0.5) is 8.78 Å². The van der Waals surface area contributed by atoms with E-state index in [9.17, 15) is 23.9 Å². The zero-order valence-corrected chi connectivity index (χ0v) is 12.4. The molecule has 0 amide bonds. The van der Waals surface area contributed by atoms with Gasteiger partial charge in [-0.25, -0.2) is 13.6 Å². The molecule has 1 aliphatic heterocycles. The van der Waals surface area contributed by atoms with E-state index in [1.165, 1.54) is 48.5 Å². The lowest BCUT2D eigenvalue weighted by atomic mass is 9.68. The molecule has 2 unspecified atom stereocenters. The van der Waals surface area contributed by atoms with Crippen molar-refractivity contribution in [2.75, 3.05) is 6.54 Å². The average Bonchev–Trinajstić information content (AvgIpc) is 2.97. The van der Waals surface area contributed by atoms with Crippen LogP contribution in [0.3, 0.4) is 0 Å². The molecule has 2 aromatic carbocycles. The van der Waals surface area contributed by atoms with Gasteiger partial charge in [0.25, 0.3) is 0 Å². The third-order valence-corrected chi connectivity index (χ3v) is 4.25. The first-order chi connectivity index (χ1) is 11.5. The Bertz CT molecular complexity index is 854. The predicted molar refractivity (Wildman–Crippen MR) is 82.8 cm³/mol. The number of nitrogens with zero attached hydrogens (tertiary/aromatic N) is 2. The number of hydrogen-bond acceptors (Lipinski definition) is 3. The van der Waals surface area contributed by atoms with Gasteiger partial charge in [0.1, 0.15) is 22.8 Å². The molecule has 3 rings (SSSR count). The van der Waals surface area contributed by atoms with E-state index in [1.807, 2.05) is 0 Å². The number of benzene rings is 2. The molecule has 0 radical (unpaired) electrons. The SMILES string of the molecule is N#CC1(c2ccc(F)cc2)CN=C(C(=O)O)C1c1ccc(F)cc1. The number of hydrogen-bond donors (Lipinski definition) is 1. The van der Waals surface area contributed by atoms with Gasteiger partial charge in [-0.3, -0.25) is 4.99 Å². The Labute approximate surface area is 136 Å². The summed E-state index contributed by atoms with van der Waals surface area (Å²) in [6.45, 7) is -0.0567. The van der Waals surface area contributed by atoms with Gasteiger partial charge in [0.05, 0.1) is 18.5 Å². The van der Waals surface area contributed by atoms with E-state index in [1.54, 1.807) is 0 Å². The Morgan fingerprint density at radius 2 is 1.67 bits per heavy atom. The van der Waals surface area contributed by atoms with E-state index in [0.29, 0.717) is 11.1 Å². The Kier molecular flexibility index (Phi) is 3.86. The Hall–Kier alpha value is -3.07. The smallest absolute Gasteiger partial charge is 0.350 e. The molecule has 1 N–H and O–H groups in total. The fraction of sp³-hybridized carbons (Fsp3) is 0.167. The van der Waals surface area contributed by atoms with Gasteiger partial charge in [-0.2, -0.15) is 5.26 Å². The summed E-state index contributed by atoms with van der Waals surface area (Å²) in [5, 5.41) is 19.3. The van der Waals surface area contributed by atoms with Crippen molar-refractivity contribution in [1.29, 1.82) is 5.26 Å². The average molecular weight is 326 g/mol. The summed E-state index contributed by atoms with van der Waals surface area (Å²) >= 11 is 0. The Morgan fingerprint density at radius 1 is 1.12 bits per heavy atom. The molecular formula is C18H12F2N2O2. The number of nitriles is 1. The quantitative estimate of drug-likeness (QED) is 0.942. The summed E-state index contributed by atoms with van der Waals surface area (Å²) in [7, 11) is 0. The van der Waals surface area contributed by atoms with Crippen LogP contribution >= 0.6 is 0 Å². The summed E-state index contributed by atoms with van der Waals surface area (Å²) in [6.07, 6.45) is 0. The van der Waals surface area contributed by atoms with Crippen LogP contribution in [-0.2, 0) is 10.2 Å². The molecule has 0 aliphatic carbocycles. The van der Waals surface area contributed by atoms with E-state index in [4.69, 9.17) is 0 Å². The minimum Gasteiger partial charge on any atom is -0.477 e. The van der Waals surface area contributed by atoms with Gasteiger partial charge in [-0.15, -0.1) is 0 Å². The van der Waals surface area contributed by atoms with Gasteiger partial charge in [-0.05, 0) is 35.4 Å². The van der Waals surface area contributed by atoms with Crippen molar-refractivity contribution in [3.63, 3.8) is 0 Å². The van der Waals surface area contributed by atoms with E-state index in [-0.39, 0.29) is 12.3 Å². The van der Waals surface area contributed by atoms with E-state index >= 15 is 0 Å². The standard InChI is InChI=1S/C18H12F2N2O2/c19-13-5-1-11(2-6-13)15-16(17(23)24)22-10-18(15,9-21)12-3-7-14(20)8-4-12/h1-8,15H,10H2,(H,23,24). The zero-order valence-electron chi connectivity index (χ0n) is 12.4. The molecule has 0 bridgehead atoms. The van der Waals surface area contributed by atoms with Gasteiger partial charge in [0, 0.05) is 0 Å². The molecule has 0 saturated heterocycles. The van der Waals surface area contributed by atoms with Crippen LogP contribution in [0.15, 0.2) is 53.5 Å². The second kappa shape index (κ2) is 5.85. The minimum atomic E-state index is -1.28. The van der Waals surface area contributed by atoms with Crippen molar-refractivity contribution in [1.82, 2.24) is 0 Å². The molecule has 120 valence electrons. The lowest BCUT2D eigenvalue weighted by molar-refractivity contribution is -0.129. The maximum absolute atomic E-state index is 13.2. The maximum atomic E-state index is 13.2. The van der Waals surface area contributed by atoms with Crippen LogP contribution in [0.1, 0.15) is 17.0 Å². The first-order valence-electron chi connectivity index (χ1n) is 7.18. The number of aliphatic imine (C=N–C) groups is 1. The highest BCUT2D eigenvalue weighted by Gasteiger charge is 2.50. The highest BCUT2D eigenvalue weighted by atomic mass is 19.1. The maximum Gasteiger partial charge on any atom is 0.350 e. The summed E-state index contributed by atoms with van der Waals surface area (Å²) in [5.41, 5.74) is -0.492. The molecule has 0 spiro atoms. The Morgan fingerprint density at radius 3 is 2.17 bits per heavy atom. The number of carboxylic acid groups (broad SMARTS) is 1. The van der Waals surface area contributed by atoms with Crippen LogP contribution in [0.25, 0.3) is 0 Å². The number of carboxylic acids is 1.